The van der Waals surface area contributed by atoms with E-state index in [1.807, 2.05) is 18.2 Å². The molecule has 1 aromatic carbocycles. The number of halogens is 1. The van der Waals surface area contributed by atoms with Crippen molar-refractivity contribution in [2.75, 3.05) is 11.9 Å². The Morgan fingerprint density at radius 1 is 1.40 bits per heavy atom. The van der Waals surface area contributed by atoms with Gasteiger partial charge in [-0.1, -0.05) is 42.8 Å². The van der Waals surface area contributed by atoms with Gasteiger partial charge in [0.1, 0.15) is 5.75 Å². The van der Waals surface area contributed by atoms with Gasteiger partial charge >= 0.3 is 0 Å². The van der Waals surface area contributed by atoms with Crippen molar-refractivity contribution in [3.8, 4) is 5.75 Å². The van der Waals surface area contributed by atoms with Crippen LogP contribution in [0.15, 0.2) is 24.3 Å². The van der Waals surface area contributed by atoms with E-state index in [4.69, 9.17) is 4.74 Å². The molecule has 0 aromatic heterocycles. The predicted octanol–water partition coefficient (Wildman–Crippen LogP) is 4.01. The summed E-state index contributed by atoms with van der Waals surface area (Å²) < 4.78 is 5.55. The summed E-state index contributed by atoms with van der Waals surface area (Å²) in [6.45, 7) is 7.04. The highest BCUT2D eigenvalue weighted by atomic mass is 79.9. The van der Waals surface area contributed by atoms with Crippen molar-refractivity contribution in [2.45, 2.75) is 39.7 Å². The first kappa shape index (κ1) is 17.0. The van der Waals surface area contributed by atoms with E-state index in [1.165, 1.54) is 0 Å². The molecule has 0 aliphatic carbocycles. The summed E-state index contributed by atoms with van der Waals surface area (Å²) in [6, 6.07) is 7.50. The molecule has 0 bridgehead atoms. The Hall–Kier alpha value is -1.03. The van der Waals surface area contributed by atoms with Gasteiger partial charge in [-0.05, 0) is 37.0 Å². The van der Waals surface area contributed by atoms with E-state index in [2.05, 4.69) is 42.0 Å². The molecule has 0 fully saturated rings. The van der Waals surface area contributed by atoms with Gasteiger partial charge in [-0.15, -0.1) is 0 Å². The molecule has 0 aliphatic heterocycles. The molecular weight excluding hydrogens is 318 g/mol. The Bertz CT molecular complexity index is 421. The van der Waals surface area contributed by atoms with Crippen LogP contribution in [0.3, 0.4) is 0 Å². The van der Waals surface area contributed by atoms with E-state index in [0.717, 1.165) is 23.9 Å². The van der Waals surface area contributed by atoms with Gasteiger partial charge in [-0.3, -0.25) is 4.79 Å². The Balaban J connectivity index is 2.66. The van der Waals surface area contributed by atoms with Gasteiger partial charge < -0.3 is 10.1 Å². The number of rotatable bonds is 8. The number of alkyl halides is 1. The lowest BCUT2D eigenvalue weighted by atomic mass is 10.0. The summed E-state index contributed by atoms with van der Waals surface area (Å²) in [7, 11) is 0. The minimum absolute atomic E-state index is 0.0444. The zero-order valence-electron chi connectivity index (χ0n) is 12.5. The summed E-state index contributed by atoms with van der Waals surface area (Å²) in [5.74, 6) is 1.26. The number of benzene rings is 1. The molecule has 1 atom stereocenters. The van der Waals surface area contributed by atoms with Gasteiger partial charge in [-0.2, -0.15) is 0 Å². The summed E-state index contributed by atoms with van der Waals surface area (Å²) in [5.41, 5.74) is 0.647. The lowest BCUT2D eigenvalue weighted by Gasteiger charge is -2.18. The van der Waals surface area contributed by atoms with Gasteiger partial charge in [0.25, 0.3) is 5.91 Å². The monoisotopic (exact) mass is 341 g/mol. The van der Waals surface area contributed by atoms with Gasteiger partial charge in [-0.25, -0.2) is 0 Å². The Morgan fingerprint density at radius 3 is 2.75 bits per heavy atom. The fourth-order valence-electron chi connectivity index (χ4n) is 1.95. The van der Waals surface area contributed by atoms with Crippen molar-refractivity contribution < 1.29 is 9.53 Å². The smallest absolute Gasteiger partial charge is 0.251 e. The minimum atomic E-state index is -0.0444. The topological polar surface area (TPSA) is 38.3 Å². The molecule has 1 rings (SSSR count). The second kappa shape index (κ2) is 9.01. The highest BCUT2D eigenvalue weighted by molar-refractivity contribution is 9.09. The average Bonchev–Trinajstić information content (AvgIpc) is 2.44. The fourth-order valence-corrected chi connectivity index (χ4v) is 2.37. The first-order valence-corrected chi connectivity index (χ1v) is 8.28. The summed E-state index contributed by atoms with van der Waals surface area (Å²) in [5, 5.41) is 3.82. The molecule has 0 heterocycles. The third-order valence-corrected chi connectivity index (χ3v) is 3.63. The number of nitrogens with one attached hydrogen (secondary N) is 1. The Labute approximate surface area is 130 Å². The standard InChI is InChI=1S/C16H24BrNO2/c1-4-8-20-15-7-5-6-13(10-15)16(19)18-14(11-17)9-12(2)3/h5-7,10,12,14H,4,8-9,11H2,1-3H3,(H,18,19). The van der Waals surface area contributed by atoms with Gasteiger partial charge in [0.05, 0.1) is 6.61 Å². The number of hydrogen-bond donors (Lipinski definition) is 1. The molecule has 0 saturated heterocycles. The largest absolute Gasteiger partial charge is 0.494 e. The number of amides is 1. The van der Waals surface area contributed by atoms with Gasteiger partial charge in [0, 0.05) is 16.9 Å². The quantitative estimate of drug-likeness (QED) is 0.725. The lowest BCUT2D eigenvalue weighted by Crippen LogP contribution is -2.37. The van der Waals surface area contributed by atoms with Crippen LogP contribution >= 0.6 is 15.9 Å². The fraction of sp³-hybridized carbons (Fsp3) is 0.562. The van der Waals surface area contributed by atoms with Gasteiger partial charge in [0.2, 0.25) is 0 Å². The SMILES string of the molecule is CCCOc1cccc(C(=O)NC(CBr)CC(C)C)c1. The number of hydrogen-bond acceptors (Lipinski definition) is 2. The van der Waals surface area contributed by atoms with Crippen LogP contribution in [-0.2, 0) is 0 Å². The average molecular weight is 342 g/mol. The molecule has 1 unspecified atom stereocenters. The maximum absolute atomic E-state index is 12.2. The van der Waals surface area contributed by atoms with Crippen LogP contribution in [0, 0.1) is 5.92 Å². The minimum Gasteiger partial charge on any atom is -0.494 e. The Kier molecular flexibility index (Phi) is 7.67. The molecule has 112 valence electrons. The number of ether oxygens (including phenoxy) is 1. The van der Waals surface area contributed by atoms with Crippen molar-refractivity contribution in [2.24, 2.45) is 5.92 Å². The van der Waals surface area contributed by atoms with Crippen LogP contribution in [0.1, 0.15) is 44.0 Å². The molecule has 0 radical (unpaired) electrons. The molecule has 1 N–H and O–H groups in total. The van der Waals surface area contributed by atoms with Crippen LogP contribution in [0.2, 0.25) is 0 Å². The first-order chi connectivity index (χ1) is 9.56. The molecule has 1 aromatic rings. The van der Waals surface area contributed by atoms with Crippen LogP contribution in [0.4, 0.5) is 0 Å². The predicted molar refractivity (Wildman–Crippen MR) is 86.7 cm³/mol. The van der Waals surface area contributed by atoms with Crippen molar-refractivity contribution in [3.05, 3.63) is 29.8 Å². The van der Waals surface area contributed by atoms with Crippen LogP contribution < -0.4 is 10.1 Å². The molecular formula is C16H24BrNO2. The normalized spacial score (nSPS) is 12.2. The maximum atomic E-state index is 12.2. The third-order valence-electron chi connectivity index (χ3n) is 2.85. The number of carbonyl (C=O) groups is 1. The molecule has 0 spiro atoms. The van der Waals surface area contributed by atoms with E-state index in [0.29, 0.717) is 18.1 Å². The van der Waals surface area contributed by atoms with Crippen LogP contribution in [0.5, 0.6) is 5.75 Å². The molecule has 0 aliphatic rings. The van der Waals surface area contributed by atoms with Crippen molar-refractivity contribution >= 4 is 21.8 Å². The lowest BCUT2D eigenvalue weighted by molar-refractivity contribution is 0.0936. The zero-order chi connectivity index (χ0) is 15.0. The van der Waals surface area contributed by atoms with E-state index < -0.39 is 0 Å². The zero-order valence-corrected chi connectivity index (χ0v) is 14.1. The van der Waals surface area contributed by atoms with E-state index in [1.54, 1.807) is 6.07 Å². The molecule has 20 heavy (non-hydrogen) atoms. The van der Waals surface area contributed by atoms with Crippen LogP contribution in [-0.4, -0.2) is 23.9 Å². The number of carbonyl (C=O) groups excluding carboxylic acids is 1. The second-order valence-corrected chi connectivity index (χ2v) is 5.98. The summed E-state index contributed by atoms with van der Waals surface area (Å²) in [4.78, 5) is 12.2. The third kappa shape index (κ3) is 5.95. The van der Waals surface area contributed by atoms with Crippen LogP contribution in [0.25, 0.3) is 0 Å². The highest BCUT2D eigenvalue weighted by Gasteiger charge is 2.14. The first-order valence-electron chi connectivity index (χ1n) is 7.16. The second-order valence-electron chi connectivity index (χ2n) is 5.33. The molecule has 0 saturated carbocycles. The van der Waals surface area contributed by atoms with E-state index in [-0.39, 0.29) is 11.9 Å². The highest BCUT2D eigenvalue weighted by Crippen LogP contribution is 2.14. The molecule has 4 heteroatoms. The summed E-state index contributed by atoms with van der Waals surface area (Å²) in [6.07, 6.45) is 1.92. The Morgan fingerprint density at radius 2 is 2.15 bits per heavy atom. The van der Waals surface area contributed by atoms with Crippen molar-refractivity contribution in [1.29, 1.82) is 0 Å². The van der Waals surface area contributed by atoms with Gasteiger partial charge in [0.15, 0.2) is 0 Å². The van der Waals surface area contributed by atoms with Crippen molar-refractivity contribution in [3.63, 3.8) is 0 Å². The van der Waals surface area contributed by atoms with E-state index >= 15 is 0 Å². The van der Waals surface area contributed by atoms with Crippen molar-refractivity contribution in [1.82, 2.24) is 5.32 Å². The summed E-state index contributed by atoms with van der Waals surface area (Å²) >= 11 is 3.45. The van der Waals surface area contributed by atoms with E-state index in [9.17, 15) is 4.79 Å². The maximum Gasteiger partial charge on any atom is 0.251 e. The molecule has 1 amide bonds. The molecule has 3 nitrogen and oxygen atoms in total.